The summed E-state index contributed by atoms with van der Waals surface area (Å²) in [4.78, 5) is 3.92. The van der Waals surface area contributed by atoms with Gasteiger partial charge in [0.2, 0.25) is 0 Å². The molecule has 1 aliphatic rings. The fourth-order valence-electron chi connectivity index (χ4n) is 2.69. The molecule has 2 nitrogen and oxygen atoms in total. The zero-order valence-corrected chi connectivity index (χ0v) is 12.0. The van der Waals surface area contributed by atoms with Crippen molar-refractivity contribution < 1.29 is 0 Å². The number of nitrogens with two attached hydrogens (primary N) is 1. The molecule has 1 aliphatic heterocycles. The van der Waals surface area contributed by atoms with Crippen LogP contribution >= 0.6 is 11.3 Å². The van der Waals surface area contributed by atoms with Gasteiger partial charge in [-0.15, -0.1) is 11.3 Å². The summed E-state index contributed by atoms with van der Waals surface area (Å²) in [6, 6.07) is 2.30. The summed E-state index contributed by atoms with van der Waals surface area (Å²) in [7, 11) is 0. The Kier molecular flexibility index (Phi) is 3.91. The fraction of sp³-hybridized carbons (Fsp3) is 0.714. The van der Waals surface area contributed by atoms with Crippen molar-refractivity contribution in [2.24, 2.45) is 5.73 Å². The summed E-state index contributed by atoms with van der Waals surface area (Å²) in [5, 5.41) is 2.15. The first-order valence-corrected chi connectivity index (χ1v) is 7.46. The molecule has 1 saturated heterocycles. The van der Waals surface area contributed by atoms with E-state index >= 15 is 0 Å². The van der Waals surface area contributed by atoms with Crippen LogP contribution in [0.3, 0.4) is 0 Å². The minimum atomic E-state index is 0.0655. The highest BCUT2D eigenvalue weighted by molar-refractivity contribution is 7.10. The van der Waals surface area contributed by atoms with Crippen LogP contribution in [-0.2, 0) is 0 Å². The predicted octanol–water partition coefficient (Wildman–Crippen LogP) is 3.32. The lowest BCUT2D eigenvalue weighted by Gasteiger charge is -2.44. The number of hydrogen-bond acceptors (Lipinski definition) is 3. The lowest BCUT2D eigenvalue weighted by Crippen LogP contribution is -2.53. The first kappa shape index (κ1) is 13.1. The lowest BCUT2D eigenvalue weighted by molar-refractivity contribution is 0.0738. The molecule has 0 saturated carbocycles. The van der Waals surface area contributed by atoms with Crippen LogP contribution in [0.2, 0.25) is 0 Å². The quantitative estimate of drug-likeness (QED) is 0.894. The van der Waals surface area contributed by atoms with Gasteiger partial charge in [-0.05, 0) is 63.7 Å². The summed E-state index contributed by atoms with van der Waals surface area (Å²) in [6.45, 7) is 9.15. The number of rotatable bonds is 3. The van der Waals surface area contributed by atoms with Crippen molar-refractivity contribution >= 4 is 11.3 Å². The van der Waals surface area contributed by atoms with Gasteiger partial charge in [0, 0.05) is 10.4 Å². The maximum atomic E-state index is 6.52. The van der Waals surface area contributed by atoms with E-state index in [-0.39, 0.29) is 11.6 Å². The summed E-state index contributed by atoms with van der Waals surface area (Å²) in [6.07, 6.45) is 4.01. The van der Waals surface area contributed by atoms with Gasteiger partial charge >= 0.3 is 0 Å². The molecule has 2 heterocycles. The molecule has 0 bridgehead atoms. The van der Waals surface area contributed by atoms with Gasteiger partial charge in [0.25, 0.3) is 0 Å². The van der Waals surface area contributed by atoms with Crippen LogP contribution in [0.5, 0.6) is 0 Å². The van der Waals surface area contributed by atoms with Gasteiger partial charge in [-0.3, -0.25) is 4.90 Å². The van der Waals surface area contributed by atoms with Gasteiger partial charge in [0.05, 0.1) is 6.04 Å². The Balaban J connectivity index is 2.16. The van der Waals surface area contributed by atoms with Gasteiger partial charge in [-0.2, -0.15) is 0 Å². The van der Waals surface area contributed by atoms with E-state index in [1.807, 2.05) is 0 Å². The second-order valence-electron chi connectivity index (χ2n) is 5.65. The molecule has 0 aliphatic carbocycles. The van der Waals surface area contributed by atoms with E-state index in [4.69, 9.17) is 5.73 Å². The smallest absolute Gasteiger partial charge is 0.0574 e. The Morgan fingerprint density at radius 3 is 2.47 bits per heavy atom. The molecule has 2 rings (SSSR count). The largest absolute Gasteiger partial charge is 0.322 e. The van der Waals surface area contributed by atoms with Crippen LogP contribution in [0.4, 0.5) is 0 Å². The molecule has 1 fully saturated rings. The monoisotopic (exact) mass is 252 g/mol. The number of likely N-dealkylation sites (tertiary alicyclic amines) is 1. The van der Waals surface area contributed by atoms with Crippen LogP contribution in [0, 0.1) is 6.92 Å². The van der Waals surface area contributed by atoms with Crippen molar-refractivity contribution in [2.45, 2.75) is 51.6 Å². The molecular weight excluding hydrogens is 228 g/mol. The number of piperidine rings is 1. The lowest BCUT2D eigenvalue weighted by atomic mass is 9.89. The summed E-state index contributed by atoms with van der Waals surface area (Å²) in [5.41, 5.74) is 7.92. The number of thiophene rings is 1. The molecule has 1 aromatic heterocycles. The third-order valence-electron chi connectivity index (χ3n) is 4.12. The first-order valence-electron chi connectivity index (χ1n) is 6.58. The Labute approximate surface area is 109 Å². The third-order valence-corrected chi connectivity index (χ3v) is 5.22. The zero-order valence-electron chi connectivity index (χ0n) is 11.2. The maximum absolute atomic E-state index is 6.52. The Bertz CT molecular complexity index is 364. The standard InChI is InChI=1S/C14H24N2S/c1-11-7-10-17-12(11)13(15)14(2,3)16-8-5-4-6-9-16/h7,10,13H,4-6,8-9,15H2,1-3H3. The summed E-state index contributed by atoms with van der Waals surface area (Å²) >= 11 is 1.80. The molecule has 17 heavy (non-hydrogen) atoms. The number of hydrogen-bond donors (Lipinski definition) is 1. The van der Waals surface area contributed by atoms with Crippen molar-refractivity contribution in [1.29, 1.82) is 0 Å². The summed E-state index contributed by atoms with van der Waals surface area (Å²) in [5.74, 6) is 0. The van der Waals surface area contributed by atoms with Crippen LogP contribution < -0.4 is 5.73 Å². The molecule has 0 amide bonds. The topological polar surface area (TPSA) is 29.3 Å². The molecule has 2 N–H and O–H groups in total. The maximum Gasteiger partial charge on any atom is 0.0574 e. The molecule has 1 aromatic rings. The van der Waals surface area contributed by atoms with E-state index in [2.05, 4.69) is 37.1 Å². The average Bonchev–Trinajstić information content (AvgIpc) is 2.75. The molecule has 0 spiro atoms. The highest BCUT2D eigenvalue weighted by atomic mass is 32.1. The molecule has 0 aromatic carbocycles. The molecule has 0 radical (unpaired) electrons. The number of nitrogens with zero attached hydrogens (tertiary/aromatic N) is 1. The van der Waals surface area contributed by atoms with E-state index in [1.54, 1.807) is 11.3 Å². The van der Waals surface area contributed by atoms with Crippen molar-refractivity contribution in [2.75, 3.05) is 13.1 Å². The van der Waals surface area contributed by atoms with Crippen LogP contribution in [0.15, 0.2) is 11.4 Å². The normalized spacial score (nSPS) is 20.5. The third kappa shape index (κ3) is 2.56. The van der Waals surface area contributed by atoms with E-state index in [9.17, 15) is 0 Å². The van der Waals surface area contributed by atoms with Gasteiger partial charge in [0.1, 0.15) is 0 Å². The fourth-order valence-corrected chi connectivity index (χ4v) is 3.80. The van der Waals surface area contributed by atoms with Crippen molar-refractivity contribution in [1.82, 2.24) is 4.90 Å². The van der Waals surface area contributed by atoms with Gasteiger partial charge < -0.3 is 5.73 Å². The van der Waals surface area contributed by atoms with Crippen molar-refractivity contribution in [3.8, 4) is 0 Å². The Hall–Kier alpha value is -0.380. The Morgan fingerprint density at radius 1 is 1.29 bits per heavy atom. The number of aryl methyl sites for hydroxylation is 1. The minimum Gasteiger partial charge on any atom is -0.322 e. The predicted molar refractivity (Wildman–Crippen MR) is 75.5 cm³/mol. The summed E-state index contributed by atoms with van der Waals surface area (Å²) < 4.78 is 0. The highest BCUT2D eigenvalue weighted by Gasteiger charge is 2.35. The van der Waals surface area contributed by atoms with Gasteiger partial charge in [-0.1, -0.05) is 6.42 Å². The second kappa shape index (κ2) is 5.09. The molecule has 1 unspecified atom stereocenters. The first-order chi connectivity index (χ1) is 8.03. The van der Waals surface area contributed by atoms with Crippen molar-refractivity contribution in [3.05, 3.63) is 21.9 Å². The molecule has 1 atom stereocenters. The minimum absolute atomic E-state index is 0.0655. The van der Waals surface area contributed by atoms with Crippen LogP contribution in [0.1, 0.15) is 49.6 Å². The molecule has 3 heteroatoms. The SMILES string of the molecule is Cc1ccsc1C(N)C(C)(C)N1CCCCC1. The van der Waals surface area contributed by atoms with Gasteiger partial charge in [0.15, 0.2) is 0 Å². The molecule has 96 valence electrons. The Morgan fingerprint density at radius 2 is 1.94 bits per heavy atom. The van der Waals surface area contributed by atoms with E-state index in [1.165, 1.54) is 42.8 Å². The van der Waals surface area contributed by atoms with Crippen LogP contribution in [-0.4, -0.2) is 23.5 Å². The molecular formula is C14H24N2S. The van der Waals surface area contributed by atoms with Crippen LogP contribution in [0.25, 0.3) is 0 Å². The average molecular weight is 252 g/mol. The van der Waals surface area contributed by atoms with E-state index < -0.39 is 0 Å². The van der Waals surface area contributed by atoms with E-state index in [0.717, 1.165) is 0 Å². The second-order valence-corrected chi connectivity index (χ2v) is 6.59. The highest BCUT2D eigenvalue weighted by Crippen LogP contribution is 2.35. The van der Waals surface area contributed by atoms with Gasteiger partial charge in [-0.25, -0.2) is 0 Å². The van der Waals surface area contributed by atoms with Crippen molar-refractivity contribution in [3.63, 3.8) is 0 Å². The zero-order chi connectivity index (χ0) is 12.5. The van der Waals surface area contributed by atoms with E-state index in [0.29, 0.717) is 0 Å².